The fourth-order valence-electron chi connectivity index (χ4n) is 2.64. The summed E-state index contributed by atoms with van der Waals surface area (Å²) in [7, 11) is -3.40. The van der Waals surface area contributed by atoms with Crippen molar-refractivity contribution >= 4 is 27.5 Å². The number of pyridine rings is 1. The van der Waals surface area contributed by atoms with Crippen LogP contribution >= 0.6 is 0 Å². The molecule has 3 rings (SSSR count). The van der Waals surface area contributed by atoms with Crippen LogP contribution in [0.4, 0.5) is 5.82 Å². The monoisotopic (exact) mass is 347 g/mol. The summed E-state index contributed by atoms with van der Waals surface area (Å²) in [6, 6.07) is 5.23. The predicted molar refractivity (Wildman–Crippen MR) is 86.1 cm³/mol. The number of carbonyl (C=O) groups is 2. The minimum absolute atomic E-state index is 0.0637. The Balaban J connectivity index is 2.29. The number of imide groups is 1. The third kappa shape index (κ3) is 2.29. The summed E-state index contributed by atoms with van der Waals surface area (Å²) >= 11 is 0. The average molecular weight is 347 g/mol. The number of benzene rings is 1. The molecule has 24 heavy (non-hydrogen) atoms. The Kier molecular flexibility index (Phi) is 3.34. The first-order valence-corrected chi connectivity index (χ1v) is 8.72. The average Bonchev–Trinajstić information content (AvgIpc) is 2.74. The Labute approximate surface area is 136 Å². The van der Waals surface area contributed by atoms with Crippen molar-refractivity contribution in [2.24, 2.45) is 0 Å². The normalized spacial score (nSPS) is 13.8. The van der Waals surface area contributed by atoms with Crippen LogP contribution < -0.4 is 16.6 Å². The van der Waals surface area contributed by atoms with Gasteiger partial charge in [0.1, 0.15) is 5.82 Å². The van der Waals surface area contributed by atoms with Gasteiger partial charge in [0.2, 0.25) is 0 Å². The predicted octanol–water partition coefficient (Wildman–Crippen LogP) is 0.0152. The summed E-state index contributed by atoms with van der Waals surface area (Å²) < 4.78 is 24.3. The summed E-state index contributed by atoms with van der Waals surface area (Å²) in [6.45, 7) is 1.62. The number of anilines is 1. The number of sulfone groups is 1. The first-order chi connectivity index (χ1) is 11.1. The summed E-state index contributed by atoms with van der Waals surface area (Å²) in [4.78, 5) is 36.0. The molecule has 0 saturated carbocycles. The Morgan fingerprint density at radius 1 is 1.08 bits per heavy atom. The van der Waals surface area contributed by atoms with Crippen LogP contribution in [0.15, 0.2) is 34.0 Å². The Hall–Kier alpha value is -2.94. The molecule has 1 aromatic heterocycles. The van der Waals surface area contributed by atoms with E-state index in [1.807, 2.05) is 0 Å². The fraction of sp³-hybridized carbons (Fsp3) is 0.133. The molecule has 1 aromatic carbocycles. The summed E-state index contributed by atoms with van der Waals surface area (Å²) in [5.41, 5.74) is 6.04. The second-order valence-electron chi connectivity index (χ2n) is 5.50. The van der Waals surface area contributed by atoms with E-state index >= 15 is 0 Å². The lowest BCUT2D eigenvalue weighted by atomic mass is 10.1. The van der Waals surface area contributed by atoms with Gasteiger partial charge in [-0.2, -0.15) is 0 Å². The van der Waals surface area contributed by atoms with Crippen LogP contribution in [0.2, 0.25) is 0 Å². The van der Waals surface area contributed by atoms with E-state index in [9.17, 15) is 22.8 Å². The van der Waals surface area contributed by atoms with E-state index in [-0.39, 0.29) is 21.8 Å². The van der Waals surface area contributed by atoms with Crippen molar-refractivity contribution in [2.45, 2.75) is 11.8 Å². The third-order valence-electron chi connectivity index (χ3n) is 3.79. The molecule has 0 fully saturated rings. The number of carbonyl (C=O) groups excluding carboxylic acids is 2. The molecule has 124 valence electrons. The third-order valence-corrected chi connectivity index (χ3v) is 4.90. The van der Waals surface area contributed by atoms with Gasteiger partial charge in [0, 0.05) is 12.3 Å². The van der Waals surface area contributed by atoms with Gasteiger partial charge < -0.3 is 5.73 Å². The fourth-order valence-corrected chi connectivity index (χ4v) is 3.34. The molecule has 0 aliphatic carbocycles. The number of nitrogens with two attached hydrogens (primary N) is 1. The van der Waals surface area contributed by atoms with Crippen molar-refractivity contribution in [3.63, 3.8) is 0 Å². The summed E-state index contributed by atoms with van der Waals surface area (Å²) in [5.74, 6) is -1.52. The standard InChI is InChI=1S/C15H13N3O5S/c1-7-5-8(24(2,22)23)3-4-10(7)18-11(19)6-9-12(13(18)16)15(21)17-14(9)20/h3-6H,16H2,1-2H3,(H,17,20,21). The van der Waals surface area contributed by atoms with Gasteiger partial charge in [-0.15, -0.1) is 0 Å². The van der Waals surface area contributed by atoms with Crippen LogP contribution in [0.25, 0.3) is 5.69 Å². The number of fused-ring (bicyclic) bond motifs is 1. The molecule has 0 radical (unpaired) electrons. The van der Waals surface area contributed by atoms with Crippen LogP contribution in [0.5, 0.6) is 0 Å². The van der Waals surface area contributed by atoms with E-state index in [0.29, 0.717) is 11.3 Å². The van der Waals surface area contributed by atoms with E-state index in [0.717, 1.165) is 16.9 Å². The van der Waals surface area contributed by atoms with Crippen LogP contribution in [0, 0.1) is 6.92 Å². The van der Waals surface area contributed by atoms with Crippen molar-refractivity contribution < 1.29 is 18.0 Å². The maximum Gasteiger partial charge on any atom is 0.262 e. The summed E-state index contributed by atoms with van der Waals surface area (Å²) in [6.07, 6.45) is 1.08. The molecule has 9 heteroatoms. The number of aromatic nitrogens is 1. The number of hydrogen-bond donors (Lipinski definition) is 2. The highest BCUT2D eigenvalue weighted by Crippen LogP contribution is 2.25. The number of rotatable bonds is 2. The van der Waals surface area contributed by atoms with Crippen molar-refractivity contribution in [1.82, 2.24) is 9.88 Å². The first-order valence-electron chi connectivity index (χ1n) is 6.83. The van der Waals surface area contributed by atoms with E-state index in [1.54, 1.807) is 6.92 Å². The SMILES string of the molecule is Cc1cc(S(C)(=O)=O)ccc1-n1c(N)c2c(cc1=O)C(=O)NC2=O. The lowest BCUT2D eigenvalue weighted by Crippen LogP contribution is -2.24. The van der Waals surface area contributed by atoms with E-state index in [1.165, 1.54) is 18.2 Å². The van der Waals surface area contributed by atoms with Gasteiger partial charge in [-0.05, 0) is 30.7 Å². The van der Waals surface area contributed by atoms with Gasteiger partial charge >= 0.3 is 0 Å². The number of nitrogens with one attached hydrogen (secondary N) is 1. The number of amides is 2. The van der Waals surface area contributed by atoms with E-state index in [2.05, 4.69) is 5.32 Å². The largest absolute Gasteiger partial charge is 0.384 e. The molecule has 0 bridgehead atoms. The van der Waals surface area contributed by atoms with Gasteiger partial charge in [-0.1, -0.05) is 0 Å². The van der Waals surface area contributed by atoms with Crippen molar-refractivity contribution in [3.8, 4) is 5.69 Å². The lowest BCUT2D eigenvalue weighted by molar-refractivity contribution is 0.0880. The van der Waals surface area contributed by atoms with E-state index < -0.39 is 27.2 Å². The maximum atomic E-state index is 12.4. The zero-order valence-corrected chi connectivity index (χ0v) is 13.6. The zero-order valence-electron chi connectivity index (χ0n) is 12.8. The summed E-state index contributed by atoms with van der Waals surface area (Å²) in [5, 5.41) is 2.08. The Morgan fingerprint density at radius 3 is 2.33 bits per heavy atom. The minimum atomic E-state index is -3.40. The molecule has 0 spiro atoms. The van der Waals surface area contributed by atoms with Gasteiger partial charge in [0.25, 0.3) is 17.4 Å². The Bertz CT molecular complexity index is 1080. The van der Waals surface area contributed by atoms with Crippen LogP contribution in [0.3, 0.4) is 0 Å². The van der Waals surface area contributed by atoms with Crippen molar-refractivity contribution in [3.05, 3.63) is 51.3 Å². The van der Waals surface area contributed by atoms with Crippen molar-refractivity contribution in [1.29, 1.82) is 0 Å². The highest BCUT2D eigenvalue weighted by Gasteiger charge is 2.32. The lowest BCUT2D eigenvalue weighted by Gasteiger charge is -2.14. The molecule has 0 atom stereocenters. The van der Waals surface area contributed by atoms with Gasteiger partial charge in [0.05, 0.1) is 21.7 Å². The highest BCUT2D eigenvalue weighted by molar-refractivity contribution is 7.90. The molecule has 0 saturated heterocycles. The number of aryl methyl sites for hydroxylation is 1. The maximum absolute atomic E-state index is 12.4. The minimum Gasteiger partial charge on any atom is -0.384 e. The highest BCUT2D eigenvalue weighted by atomic mass is 32.2. The molecule has 1 aliphatic heterocycles. The molecule has 0 unspecified atom stereocenters. The molecule has 2 amide bonds. The molecule has 3 N–H and O–H groups in total. The Morgan fingerprint density at radius 2 is 1.75 bits per heavy atom. The number of hydrogen-bond acceptors (Lipinski definition) is 6. The van der Waals surface area contributed by atoms with Crippen LogP contribution in [-0.4, -0.2) is 31.1 Å². The van der Waals surface area contributed by atoms with Gasteiger partial charge in [-0.25, -0.2) is 8.42 Å². The second-order valence-corrected chi connectivity index (χ2v) is 7.51. The molecular weight excluding hydrogens is 334 g/mol. The number of nitrogens with zero attached hydrogens (tertiary/aromatic N) is 1. The first kappa shape index (κ1) is 15.9. The molecule has 2 aromatic rings. The van der Waals surface area contributed by atoms with Crippen LogP contribution in [0.1, 0.15) is 26.3 Å². The molecule has 2 heterocycles. The topological polar surface area (TPSA) is 128 Å². The quantitative estimate of drug-likeness (QED) is 0.737. The molecular formula is C15H13N3O5S. The molecule has 8 nitrogen and oxygen atoms in total. The van der Waals surface area contributed by atoms with Crippen molar-refractivity contribution in [2.75, 3.05) is 12.0 Å². The van der Waals surface area contributed by atoms with Gasteiger partial charge in [0.15, 0.2) is 9.84 Å². The number of nitrogen functional groups attached to an aromatic ring is 1. The van der Waals surface area contributed by atoms with Gasteiger partial charge in [-0.3, -0.25) is 24.3 Å². The molecule has 1 aliphatic rings. The zero-order chi connectivity index (χ0) is 17.8. The van der Waals surface area contributed by atoms with E-state index in [4.69, 9.17) is 5.73 Å². The van der Waals surface area contributed by atoms with Crippen LogP contribution in [-0.2, 0) is 9.84 Å². The second kappa shape index (κ2) is 5.03. The smallest absolute Gasteiger partial charge is 0.262 e.